The van der Waals surface area contributed by atoms with E-state index in [0.29, 0.717) is 6.21 Å². The standard InChI is InChI=1S/C6H11NO3S/c1-6(2,3)11(10)7-4-5(8)9/h4H,1-3H3,(H,8,9)/b7-4+. The topological polar surface area (TPSA) is 72.7 Å². The lowest BCUT2D eigenvalue weighted by Crippen LogP contribution is -2.26. The predicted molar refractivity (Wildman–Crippen MR) is 44.0 cm³/mol. The van der Waals surface area contributed by atoms with Crippen molar-refractivity contribution in [3.63, 3.8) is 0 Å². The summed E-state index contributed by atoms with van der Waals surface area (Å²) in [6, 6.07) is 0. The molecule has 64 valence electrons. The van der Waals surface area contributed by atoms with Crippen LogP contribution in [0.5, 0.6) is 0 Å². The fourth-order valence-corrected chi connectivity index (χ4v) is 0.753. The minimum absolute atomic E-state index is 0.494. The van der Waals surface area contributed by atoms with E-state index in [2.05, 4.69) is 4.40 Å². The van der Waals surface area contributed by atoms with Gasteiger partial charge in [0.1, 0.15) is 16.1 Å². The van der Waals surface area contributed by atoms with Gasteiger partial charge in [-0.05, 0) is 20.8 Å². The lowest BCUT2D eigenvalue weighted by atomic mass is 10.3. The van der Waals surface area contributed by atoms with E-state index in [1.54, 1.807) is 20.8 Å². The van der Waals surface area contributed by atoms with E-state index in [4.69, 9.17) is 5.11 Å². The van der Waals surface area contributed by atoms with Crippen LogP contribution in [0.1, 0.15) is 20.8 Å². The Morgan fingerprint density at radius 3 is 2.36 bits per heavy atom. The largest absolute Gasteiger partial charge is 0.591 e. The van der Waals surface area contributed by atoms with E-state index in [1.165, 1.54) is 0 Å². The van der Waals surface area contributed by atoms with Gasteiger partial charge in [0.2, 0.25) is 0 Å². The number of hydrogen-bond acceptors (Lipinski definition) is 3. The minimum atomic E-state index is -1.47. The Labute approximate surface area is 68.6 Å². The third-order valence-electron chi connectivity index (χ3n) is 0.783. The molecule has 0 bridgehead atoms. The van der Waals surface area contributed by atoms with Gasteiger partial charge < -0.3 is 9.66 Å². The van der Waals surface area contributed by atoms with Crippen molar-refractivity contribution in [1.82, 2.24) is 0 Å². The summed E-state index contributed by atoms with van der Waals surface area (Å²) in [6.45, 7) is 5.17. The van der Waals surface area contributed by atoms with Gasteiger partial charge in [0.05, 0.1) is 0 Å². The molecule has 0 fully saturated rings. The molecule has 0 saturated heterocycles. The number of nitrogens with zero attached hydrogens (tertiary/aromatic N) is 1. The summed E-state index contributed by atoms with van der Waals surface area (Å²) in [6.07, 6.45) is 0.654. The highest BCUT2D eigenvalue weighted by Crippen LogP contribution is 2.15. The Morgan fingerprint density at radius 1 is 1.64 bits per heavy atom. The number of carboxylic acid groups (broad SMARTS) is 1. The monoisotopic (exact) mass is 177 g/mol. The first-order valence-corrected chi connectivity index (χ1v) is 4.13. The maximum atomic E-state index is 11.0. The van der Waals surface area contributed by atoms with E-state index >= 15 is 0 Å². The van der Waals surface area contributed by atoms with Crippen molar-refractivity contribution in [2.75, 3.05) is 0 Å². The summed E-state index contributed by atoms with van der Waals surface area (Å²) >= 11 is -1.47. The highest BCUT2D eigenvalue weighted by atomic mass is 32.2. The molecule has 0 spiro atoms. The second kappa shape index (κ2) is 3.73. The van der Waals surface area contributed by atoms with Crippen molar-refractivity contribution in [2.24, 2.45) is 4.40 Å². The molecule has 4 nitrogen and oxygen atoms in total. The molecule has 0 rings (SSSR count). The summed E-state index contributed by atoms with van der Waals surface area (Å²) in [5.74, 6) is -1.18. The number of carbonyl (C=O) groups is 1. The van der Waals surface area contributed by atoms with Crippen LogP contribution in [0, 0.1) is 0 Å². The van der Waals surface area contributed by atoms with Gasteiger partial charge in [0.25, 0.3) is 0 Å². The molecule has 0 aromatic heterocycles. The van der Waals surface area contributed by atoms with E-state index in [-0.39, 0.29) is 0 Å². The normalized spacial score (nSPS) is 15.3. The maximum absolute atomic E-state index is 11.0. The molecule has 1 unspecified atom stereocenters. The van der Waals surface area contributed by atoms with Crippen LogP contribution in [0.25, 0.3) is 0 Å². The summed E-state index contributed by atoms with van der Waals surface area (Å²) < 4.78 is 13.9. The maximum Gasteiger partial charge on any atom is 0.351 e. The molecule has 0 aliphatic carbocycles. The molecule has 0 radical (unpaired) electrons. The van der Waals surface area contributed by atoms with Crippen LogP contribution in [-0.2, 0) is 16.2 Å². The van der Waals surface area contributed by atoms with Crippen LogP contribution >= 0.6 is 0 Å². The Hall–Kier alpha value is -0.550. The zero-order valence-electron chi connectivity index (χ0n) is 6.70. The first kappa shape index (κ1) is 10.4. The Kier molecular flexibility index (Phi) is 3.54. The predicted octanol–water partition coefficient (Wildman–Crippen LogP) is 0.604. The molecule has 11 heavy (non-hydrogen) atoms. The third-order valence-corrected chi connectivity index (χ3v) is 2.13. The first-order chi connectivity index (χ1) is 4.84. The second-order valence-electron chi connectivity index (χ2n) is 2.93. The molecule has 0 aliphatic heterocycles. The van der Waals surface area contributed by atoms with Crippen molar-refractivity contribution < 1.29 is 14.5 Å². The van der Waals surface area contributed by atoms with Crippen LogP contribution in [0.3, 0.4) is 0 Å². The minimum Gasteiger partial charge on any atom is -0.591 e. The van der Waals surface area contributed by atoms with Gasteiger partial charge in [-0.15, -0.1) is 0 Å². The lowest BCUT2D eigenvalue weighted by Gasteiger charge is -2.17. The third kappa shape index (κ3) is 4.80. The molecule has 0 saturated carbocycles. The van der Waals surface area contributed by atoms with Crippen molar-refractivity contribution in [3.8, 4) is 0 Å². The summed E-state index contributed by atoms with van der Waals surface area (Å²) in [5.41, 5.74) is 0. The Balaban J connectivity index is 4.07. The Morgan fingerprint density at radius 2 is 2.09 bits per heavy atom. The van der Waals surface area contributed by atoms with Crippen LogP contribution in [0.2, 0.25) is 0 Å². The zero-order chi connectivity index (χ0) is 9.07. The van der Waals surface area contributed by atoms with E-state index in [0.717, 1.165) is 0 Å². The molecule has 0 amide bonds. The van der Waals surface area contributed by atoms with Crippen LogP contribution in [0.4, 0.5) is 0 Å². The van der Waals surface area contributed by atoms with Gasteiger partial charge in [0.15, 0.2) is 6.21 Å². The SMILES string of the molecule is CC(C)(C)[S+]([O-])/N=C/C(=O)O. The average Bonchev–Trinajstić information content (AvgIpc) is 1.80. The fourth-order valence-electron chi connectivity index (χ4n) is 0.251. The van der Waals surface area contributed by atoms with Gasteiger partial charge >= 0.3 is 5.97 Å². The van der Waals surface area contributed by atoms with Crippen molar-refractivity contribution in [3.05, 3.63) is 0 Å². The lowest BCUT2D eigenvalue weighted by molar-refractivity contribution is -0.128. The molecule has 1 atom stereocenters. The van der Waals surface area contributed by atoms with Gasteiger partial charge in [-0.2, -0.15) is 0 Å². The molecule has 0 aromatic carbocycles. The first-order valence-electron chi connectivity index (χ1n) is 3.03. The quantitative estimate of drug-likeness (QED) is 0.496. The molecule has 0 aliphatic rings. The number of aliphatic carboxylic acids is 1. The Bertz CT molecular complexity index is 173. The zero-order valence-corrected chi connectivity index (χ0v) is 7.51. The van der Waals surface area contributed by atoms with E-state index in [9.17, 15) is 9.35 Å². The smallest absolute Gasteiger partial charge is 0.351 e. The molecule has 1 N–H and O–H groups in total. The van der Waals surface area contributed by atoms with E-state index < -0.39 is 22.1 Å². The van der Waals surface area contributed by atoms with E-state index in [1.807, 2.05) is 0 Å². The highest BCUT2D eigenvalue weighted by molar-refractivity contribution is 7.91. The van der Waals surface area contributed by atoms with Crippen molar-refractivity contribution in [1.29, 1.82) is 0 Å². The molecular weight excluding hydrogens is 166 g/mol. The van der Waals surface area contributed by atoms with Gasteiger partial charge in [-0.25, -0.2) is 4.79 Å². The number of carboxylic acids is 1. The van der Waals surface area contributed by atoms with Gasteiger partial charge in [-0.1, -0.05) is 4.40 Å². The van der Waals surface area contributed by atoms with Crippen LogP contribution in [-0.4, -0.2) is 26.6 Å². The van der Waals surface area contributed by atoms with Gasteiger partial charge in [-0.3, -0.25) is 0 Å². The van der Waals surface area contributed by atoms with Crippen LogP contribution < -0.4 is 0 Å². The summed E-state index contributed by atoms with van der Waals surface area (Å²) in [7, 11) is 0. The summed E-state index contributed by atoms with van der Waals surface area (Å²) in [5, 5.41) is 8.14. The van der Waals surface area contributed by atoms with Crippen molar-refractivity contribution in [2.45, 2.75) is 25.5 Å². The van der Waals surface area contributed by atoms with Crippen molar-refractivity contribution >= 4 is 23.5 Å². The second-order valence-corrected chi connectivity index (χ2v) is 4.87. The average molecular weight is 177 g/mol. The fraction of sp³-hybridized carbons (Fsp3) is 0.667. The molecule has 0 heterocycles. The molecule has 5 heteroatoms. The molecule has 0 aromatic rings. The molecular formula is C6H11NO3S. The number of rotatable bonds is 2. The van der Waals surface area contributed by atoms with Crippen LogP contribution in [0.15, 0.2) is 4.40 Å². The van der Waals surface area contributed by atoms with Gasteiger partial charge in [0, 0.05) is 0 Å². The summed E-state index contributed by atoms with van der Waals surface area (Å²) in [4.78, 5) is 9.95. The highest BCUT2D eigenvalue weighted by Gasteiger charge is 2.25. The number of hydrogen-bond donors (Lipinski definition) is 1.